The molecule has 1 fully saturated rings. The summed E-state index contributed by atoms with van der Waals surface area (Å²) in [5.74, 6) is -0.163. The number of ether oxygens (including phenoxy) is 1. The molecule has 0 atom stereocenters. The van der Waals surface area contributed by atoms with E-state index in [0.717, 1.165) is 25.7 Å². The van der Waals surface area contributed by atoms with Crippen molar-refractivity contribution in [2.75, 3.05) is 26.3 Å². The number of rotatable bonds is 8. The van der Waals surface area contributed by atoms with Crippen molar-refractivity contribution in [1.29, 1.82) is 0 Å². The van der Waals surface area contributed by atoms with Crippen molar-refractivity contribution >= 4 is 5.91 Å². The third-order valence-electron chi connectivity index (χ3n) is 3.48. The highest BCUT2D eigenvalue weighted by Crippen LogP contribution is 2.36. The average molecular weight is 264 g/mol. The molecular formula is C12H22F2N2O2. The second-order valence-corrected chi connectivity index (χ2v) is 4.90. The standard InChI is InChI=1S/C12H22F2N2O2/c13-10(14)7-18-6-3-11(17)16-9-12(8-15)4-1-2-5-12/h10H,1-9,15H2,(H,16,17). The summed E-state index contributed by atoms with van der Waals surface area (Å²) < 4.78 is 28.2. The molecule has 0 aromatic rings. The minimum Gasteiger partial charge on any atom is -0.375 e. The van der Waals surface area contributed by atoms with Crippen LogP contribution in [0.1, 0.15) is 32.1 Å². The van der Waals surface area contributed by atoms with Crippen LogP contribution in [0.4, 0.5) is 8.78 Å². The van der Waals surface area contributed by atoms with Crippen molar-refractivity contribution in [2.45, 2.75) is 38.5 Å². The van der Waals surface area contributed by atoms with Crippen LogP contribution in [0.3, 0.4) is 0 Å². The molecular weight excluding hydrogens is 242 g/mol. The fourth-order valence-electron chi connectivity index (χ4n) is 2.29. The van der Waals surface area contributed by atoms with Crippen LogP contribution in [-0.4, -0.2) is 38.6 Å². The van der Waals surface area contributed by atoms with Gasteiger partial charge in [0, 0.05) is 13.0 Å². The van der Waals surface area contributed by atoms with Gasteiger partial charge in [-0.15, -0.1) is 0 Å². The Bertz CT molecular complexity index is 256. The van der Waals surface area contributed by atoms with Crippen molar-refractivity contribution in [3.8, 4) is 0 Å². The molecule has 6 heteroatoms. The monoisotopic (exact) mass is 264 g/mol. The van der Waals surface area contributed by atoms with Crippen LogP contribution in [0.25, 0.3) is 0 Å². The molecule has 106 valence electrons. The predicted molar refractivity (Wildman–Crippen MR) is 64.4 cm³/mol. The lowest BCUT2D eigenvalue weighted by Gasteiger charge is -2.27. The Morgan fingerprint density at radius 2 is 2.06 bits per heavy atom. The van der Waals surface area contributed by atoms with Crippen LogP contribution in [0.15, 0.2) is 0 Å². The van der Waals surface area contributed by atoms with Gasteiger partial charge in [0.05, 0.1) is 6.61 Å². The molecule has 0 aromatic heterocycles. The highest BCUT2D eigenvalue weighted by molar-refractivity contribution is 5.76. The highest BCUT2D eigenvalue weighted by Gasteiger charge is 2.32. The molecule has 4 nitrogen and oxygen atoms in total. The van der Waals surface area contributed by atoms with Crippen molar-refractivity contribution < 1.29 is 18.3 Å². The van der Waals surface area contributed by atoms with Gasteiger partial charge in [0.2, 0.25) is 5.91 Å². The molecule has 0 radical (unpaired) electrons. The van der Waals surface area contributed by atoms with E-state index >= 15 is 0 Å². The number of halogens is 2. The number of hydrogen-bond acceptors (Lipinski definition) is 3. The summed E-state index contributed by atoms with van der Waals surface area (Å²) in [6.45, 7) is 0.582. The molecule has 1 aliphatic rings. The van der Waals surface area contributed by atoms with Crippen LogP contribution < -0.4 is 11.1 Å². The second-order valence-electron chi connectivity index (χ2n) is 4.90. The summed E-state index contributed by atoms with van der Waals surface area (Å²) >= 11 is 0. The topological polar surface area (TPSA) is 64.3 Å². The smallest absolute Gasteiger partial charge is 0.261 e. The molecule has 0 aliphatic heterocycles. The minimum atomic E-state index is -2.48. The van der Waals surface area contributed by atoms with Gasteiger partial charge in [0.1, 0.15) is 6.61 Å². The summed E-state index contributed by atoms with van der Waals surface area (Å²) in [6, 6.07) is 0. The molecule has 0 unspecified atom stereocenters. The fourth-order valence-corrected chi connectivity index (χ4v) is 2.29. The van der Waals surface area contributed by atoms with Gasteiger partial charge < -0.3 is 15.8 Å². The third-order valence-corrected chi connectivity index (χ3v) is 3.48. The molecule has 0 aromatic carbocycles. The van der Waals surface area contributed by atoms with E-state index in [1.807, 2.05) is 0 Å². The van der Waals surface area contributed by atoms with E-state index in [2.05, 4.69) is 10.1 Å². The van der Waals surface area contributed by atoms with E-state index in [0.29, 0.717) is 13.1 Å². The Labute approximate surface area is 106 Å². The lowest BCUT2D eigenvalue weighted by atomic mass is 9.86. The maximum absolute atomic E-state index is 11.8. The normalized spacial score (nSPS) is 18.2. The molecule has 0 heterocycles. The number of nitrogens with two attached hydrogens (primary N) is 1. The first kappa shape index (κ1) is 15.3. The van der Waals surface area contributed by atoms with Gasteiger partial charge in [-0.1, -0.05) is 12.8 Å². The lowest BCUT2D eigenvalue weighted by molar-refractivity contribution is -0.123. The van der Waals surface area contributed by atoms with Crippen molar-refractivity contribution in [2.24, 2.45) is 11.1 Å². The van der Waals surface area contributed by atoms with E-state index in [1.165, 1.54) is 0 Å². The summed E-state index contributed by atoms with van der Waals surface area (Å²) in [5, 5.41) is 2.82. The van der Waals surface area contributed by atoms with Crippen molar-refractivity contribution in [1.82, 2.24) is 5.32 Å². The van der Waals surface area contributed by atoms with Gasteiger partial charge in [-0.2, -0.15) is 0 Å². The van der Waals surface area contributed by atoms with Gasteiger partial charge >= 0.3 is 0 Å². The van der Waals surface area contributed by atoms with Gasteiger partial charge in [0.15, 0.2) is 0 Å². The molecule has 1 amide bonds. The second kappa shape index (κ2) is 7.63. The third kappa shape index (κ3) is 5.27. The highest BCUT2D eigenvalue weighted by atomic mass is 19.3. The van der Waals surface area contributed by atoms with Crippen LogP contribution in [0.2, 0.25) is 0 Å². The summed E-state index contributed by atoms with van der Waals surface area (Å²) in [6.07, 6.45) is 2.05. The largest absolute Gasteiger partial charge is 0.375 e. The number of amides is 1. The molecule has 0 bridgehead atoms. The van der Waals surface area contributed by atoms with Crippen LogP contribution in [0, 0.1) is 5.41 Å². The van der Waals surface area contributed by atoms with Gasteiger partial charge in [-0.3, -0.25) is 4.79 Å². The number of carbonyl (C=O) groups is 1. The van der Waals surface area contributed by atoms with E-state index in [-0.39, 0.29) is 24.3 Å². The zero-order chi connectivity index (χ0) is 13.4. The quantitative estimate of drug-likeness (QED) is 0.649. The minimum absolute atomic E-state index is 0.0335. The predicted octanol–water partition coefficient (Wildman–Crippen LogP) is 1.29. The van der Waals surface area contributed by atoms with Crippen molar-refractivity contribution in [3.05, 3.63) is 0 Å². The van der Waals surface area contributed by atoms with E-state index < -0.39 is 13.0 Å². The Morgan fingerprint density at radius 1 is 1.39 bits per heavy atom. The summed E-state index contributed by atoms with van der Waals surface area (Å²) in [4.78, 5) is 11.5. The number of hydrogen-bond donors (Lipinski definition) is 2. The maximum atomic E-state index is 11.8. The Kier molecular flexibility index (Phi) is 6.49. The van der Waals surface area contributed by atoms with E-state index in [9.17, 15) is 13.6 Å². The maximum Gasteiger partial charge on any atom is 0.261 e. The molecule has 18 heavy (non-hydrogen) atoms. The summed E-state index contributed by atoms with van der Waals surface area (Å²) in [5.41, 5.74) is 5.79. The van der Waals surface area contributed by atoms with Crippen LogP contribution >= 0.6 is 0 Å². The Morgan fingerprint density at radius 3 is 2.61 bits per heavy atom. The van der Waals surface area contributed by atoms with Gasteiger partial charge in [-0.05, 0) is 24.8 Å². The molecule has 1 aliphatic carbocycles. The zero-order valence-electron chi connectivity index (χ0n) is 10.6. The van der Waals surface area contributed by atoms with E-state index in [4.69, 9.17) is 5.73 Å². The van der Waals surface area contributed by atoms with Gasteiger partial charge in [0.25, 0.3) is 6.43 Å². The Hall–Kier alpha value is -0.750. The van der Waals surface area contributed by atoms with Crippen LogP contribution in [0.5, 0.6) is 0 Å². The summed E-state index contributed by atoms with van der Waals surface area (Å²) in [7, 11) is 0. The zero-order valence-corrected chi connectivity index (χ0v) is 10.6. The lowest BCUT2D eigenvalue weighted by Crippen LogP contribution is -2.40. The number of alkyl halides is 2. The average Bonchev–Trinajstić information content (AvgIpc) is 2.81. The van der Waals surface area contributed by atoms with E-state index in [1.54, 1.807) is 0 Å². The molecule has 3 N–H and O–H groups in total. The molecule has 0 spiro atoms. The van der Waals surface area contributed by atoms with Crippen molar-refractivity contribution in [3.63, 3.8) is 0 Å². The molecule has 1 rings (SSSR count). The first-order valence-corrected chi connectivity index (χ1v) is 6.41. The first-order valence-electron chi connectivity index (χ1n) is 6.41. The molecule has 0 saturated heterocycles. The van der Waals surface area contributed by atoms with Crippen LogP contribution in [-0.2, 0) is 9.53 Å². The van der Waals surface area contributed by atoms with Gasteiger partial charge in [-0.25, -0.2) is 8.78 Å². The molecule has 1 saturated carbocycles. The Balaban J connectivity index is 2.12. The SMILES string of the molecule is NCC1(CNC(=O)CCOCC(F)F)CCCC1. The number of nitrogens with one attached hydrogen (secondary N) is 1. The fraction of sp³-hybridized carbons (Fsp3) is 0.917. The number of carbonyl (C=O) groups excluding carboxylic acids is 1. The first-order chi connectivity index (χ1) is 8.58.